The number of hydrogen-bond donors (Lipinski definition) is 3. The molecule has 152 valence electrons. The van der Waals surface area contributed by atoms with Crippen LogP contribution in [0.2, 0.25) is 0 Å². The number of nitrogens with one attached hydrogen (secondary N) is 1. The summed E-state index contributed by atoms with van der Waals surface area (Å²) < 4.78 is 0. The number of nitrogens with zero attached hydrogens (tertiary/aromatic N) is 1. The molecule has 1 aromatic carbocycles. The molecule has 7 heteroatoms. The number of benzene rings is 1. The third-order valence-electron chi connectivity index (χ3n) is 5.79. The molecule has 2 aliphatic carbocycles. The maximum Gasteiger partial charge on any atom is 0.244 e. The number of pyridine rings is 1. The molecule has 0 spiro atoms. The van der Waals surface area contributed by atoms with Crippen LogP contribution in [-0.4, -0.2) is 22.7 Å². The first kappa shape index (κ1) is 19.6. The Labute approximate surface area is 173 Å². The van der Waals surface area contributed by atoms with Crippen LogP contribution < -0.4 is 16.8 Å². The molecule has 0 saturated heterocycles. The topological polar surface area (TPSA) is 128 Å². The van der Waals surface area contributed by atoms with Crippen molar-refractivity contribution in [2.75, 3.05) is 5.32 Å². The highest BCUT2D eigenvalue weighted by molar-refractivity contribution is 5.97. The first-order valence-corrected chi connectivity index (χ1v) is 9.71. The van der Waals surface area contributed by atoms with E-state index in [1.165, 1.54) is 6.20 Å². The van der Waals surface area contributed by atoms with Gasteiger partial charge in [-0.25, -0.2) is 4.98 Å². The lowest BCUT2D eigenvalue weighted by molar-refractivity contribution is -0.122. The molecule has 30 heavy (non-hydrogen) atoms. The lowest BCUT2D eigenvalue weighted by Gasteiger charge is -2.30. The third kappa shape index (κ3) is 3.61. The van der Waals surface area contributed by atoms with Crippen LogP contribution >= 0.6 is 0 Å². The molecule has 5 N–H and O–H groups in total. The summed E-state index contributed by atoms with van der Waals surface area (Å²) in [4.78, 5) is 40.7. The van der Waals surface area contributed by atoms with Crippen LogP contribution in [-0.2, 0) is 19.8 Å². The Balaban J connectivity index is 1.47. The number of amides is 3. The van der Waals surface area contributed by atoms with Crippen LogP contribution in [0.15, 0.2) is 72.5 Å². The number of aromatic nitrogens is 1. The average molecular weight is 402 g/mol. The molecule has 7 nitrogen and oxygen atoms in total. The summed E-state index contributed by atoms with van der Waals surface area (Å²) in [6, 6.07) is 13.3. The Kier molecular flexibility index (Phi) is 4.95. The van der Waals surface area contributed by atoms with E-state index in [9.17, 15) is 14.4 Å². The standard InChI is InChI=1S/C23H22N4O3/c24-20(28)15-7-4-10-23(12-15,22(25)30)16-8-9-19(26-13-16)27-21(29)18-11-17(18)14-5-2-1-3-6-14/h1-10,13,17-18H,11-12H2,(H2,24,28)(H2,25,30)(H,26,27,29)/t17-,18+,23?/m0/s1. The minimum absolute atomic E-state index is 0.0718. The highest BCUT2D eigenvalue weighted by Crippen LogP contribution is 2.47. The fraction of sp³-hybridized carbons (Fsp3) is 0.217. The van der Waals surface area contributed by atoms with Gasteiger partial charge in [-0.1, -0.05) is 54.6 Å². The number of rotatable bonds is 6. The molecule has 1 heterocycles. The van der Waals surface area contributed by atoms with E-state index in [1.807, 2.05) is 30.3 Å². The van der Waals surface area contributed by atoms with Gasteiger partial charge in [0.05, 0.1) is 5.41 Å². The van der Waals surface area contributed by atoms with Crippen molar-refractivity contribution in [3.63, 3.8) is 0 Å². The van der Waals surface area contributed by atoms with Gasteiger partial charge in [-0.2, -0.15) is 0 Å². The normalized spacial score (nSPS) is 24.6. The molecule has 3 amide bonds. The summed E-state index contributed by atoms with van der Waals surface area (Å²) in [6.45, 7) is 0. The van der Waals surface area contributed by atoms with Crippen molar-refractivity contribution in [2.45, 2.75) is 24.2 Å². The minimum atomic E-state index is -1.20. The molecular formula is C23H22N4O3. The van der Waals surface area contributed by atoms with Gasteiger partial charge in [0.1, 0.15) is 5.82 Å². The summed E-state index contributed by atoms with van der Waals surface area (Å²) in [7, 11) is 0. The van der Waals surface area contributed by atoms with Gasteiger partial charge in [0, 0.05) is 17.7 Å². The second-order valence-corrected chi connectivity index (χ2v) is 7.71. The molecule has 1 aromatic heterocycles. The van der Waals surface area contributed by atoms with Crippen molar-refractivity contribution in [3.05, 3.63) is 83.6 Å². The predicted octanol–water partition coefficient (Wildman–Crippen LogP) is 1.92. The van der Waals surface area contributed by atoms with Gasteiger partial charge in [0.15, 0.2) is 0 Å². The zero-order chi connectivity index (χ0) is 21.3. The zero-order valence-corrected chi connectivity index (χ0v) is 16.2. The number of carbonyl (C=O) groups is 3. The van der Waals surface area contributed by atoms with E-state index in [1.54, 1.807) is 30.4 Å². The maximum atomic E-state index is 12.5. The van der Waals surface area contributed by atoms with E-state index < -0.39 is 17.2 Å². The molecule has 0 aliphatic heterocycles. The Morgan fingerprint density at radius 3 is 2.47 bits per heavy atom. The molecule has 1 fully saturated rings. The van der Waals surface area contributed by atoms with E-state index in [2.05, 4.69) is 10.3 Å². The van der Waals surface area contributed by atoms with Gasteiger partial charge >= 0.3 is 0 Å². The van der Waals surface area contributed by atoms with E-state index >= 15 is 0 Å². The van der Waals surface area contributed by atoms with Crippen molar-refractivity contribution in [2.24, 2.45) is 17.4 Å². The molecule has 2 aromatic rings. The Bertz CT molecular complexity index is 1060. The highest BCUT2D eigenvalue weighted by atomic mass is 16.2. The van der Waals surface area contributed by atoms with Gasteiger partial charge in [0.25, 0.3) is 0 Å². The highest BCUT2D eigenvalue weighted by Gasteiger charge is 2.44. The van der Waals surface area contributed by atoms with E-state index in [0.717, 1.165) is 12.0 Å². The van der Waals surface area contributed by atoms with Gasteiger partial charge in [-0.15, -0.1) is 0 Å². The number of primary amides is 2. The Morgan fingerprint density at radius 1 is 1.07 bits per heavy atom. The Morgan fingerprint density at radius 2 is 1.83 bits per heavy atom. The van der Waals surface area contributed by atoms with Crippen molar-refractivity contribution in [1.29, 1.82) is 0 Å². The number of anilines is 1. The zero-order valence-electron chi connectivity index (χ0n) is 16.2. The monoisotopic (exact) mass is 402 g/mol. The number of allylic oxidation sites excluding steroid dienone is 2. The maximum absolute atomic E-state index is 12.5. The van der Waals surface area contributed by atoms with Crippen molar-refractivity contribution >= 4 is 23.5 Å². The summed E-state index contributed by atoms with van der Waals surface area (Å²) in [6.07, 6.45) is 7.20. The molecule has 0 bridgehead atoms. The van der Waals surface area contributed by atoms with Gasteiger partial charge in [0.2, 0.25) is 17.7 Å². The number of hydrogen-bond acceptors (Lipinski definition) is 4. The summed E-state index contributed by atoms with van der Waals surface area (Å²) >= 11 is 0. The van der Waals surface area contributed by atoms with E-state index in [4.69, 9.17) is 11.5 Å². The average Bonchev–Trinajstić information content (AvgIpc) is 3.56. The molecule has 1 unspecified atom stereocenters. The van der Waals surface area contributed by atoms with Crippen LogP contribution in [0, 0.1) is 5.92 Å². The fourth-order valence-electron chi connectivity index (χ4n) is 3.93. The molecule has 0 radical (unpaired) electrons. The minimum Gasteiger partial charge on any atom is -0.369 e. The van der Waals surface area contributed by atoms with E-state index in [-0.39, 0.29) is 24.2 Å². The van der Waals surface area contributed by atoms with Crippen LogP contribution in [0.3, 0.4) is 0 Å². The van der Waals surface area contributed by atoms with Crippen LogP contribution in [0.25, 0.3) is 0 Å². The largest absolute Gasteiger partial charge is 0.369 e. The lowest BCUT2D eigenvalue weighted by atomic mass is 9.73. The summed E-state index contributed by atoms with van der Waals surface area (Å²) in [5.41, 5.74) is 11.8. The molecule has 4 rings (SSSR count). The second kappa shape index (κ2) is 7.59. The molecule has 2 aliphatic rings. The van der Waals surface area contributed by atoms with Crippen molar-refractivity contribution in [1.82, 2.24) is 4.98 Å². The van der Waals surface area contributed by atoms with Crippen LogP contribution in [0.4, 0.5) is 5.82 Å². The quantitative estimate of drug-likeness (QED) is 0.682. The molecular weight excluding hydrogens is 380 g/mol. The van der Waals surface area contributed by atoms with Crippen molar-refractivity contribution < 1.29 is 14.4 Å². The first-order chi connectivity index (χ1) is 14.4. The summed E-state index contributed by atoms with van der Waals surface area (Å²) in [5, 5.41) is 2.83. The van der Waals surface area contributed by atoms with Crippen LogP contribution in [0.5, 0.6) is 0 Å². The second-order valence-electron chi connectivity index (χ2n) is 7.71. The summed E-state index contributed by atoms with van der Waals surface area (Å²) in [5.74, 6) is -0.727. The van der Waals surface area contributed by atoms with Gasteiger partial charge in [-0.05, 0) is 36.0 Å². The van der Waals surface area contributed by atoms with E-state index in [0.29, 0.717) is 17.0 Å². The lowest BCUT2D eigenvalue weighted by Crippen LogP contribution is -2.42. The first-order valence-electron chi connectivity index (χ1n) is 9.71. The predicted molar refractivity (Wildman–Crippen MR) is 112 cm³/mol. The van der Waals surface area contributed by atoms with Crippen LogP contribution in [0.1, 0.15) is 29.9 Å². The Hall–Kier alpha value is -3.74. The third-order valence-corrected chi connectivity index (χ3v) is 5.79. The number of carbonyl (C=O) groups excluding carboxylic acids is 3. The molecule has 1 saturated carbocycles. The fourth-order valence-corrected chi connectivity index (χ4v) is 3.93. The van der Waals surface area contributed by atoms with Gasteiger partial charge in [-0.3, -0.25) is 14.4 Å². The van der Waals surface area contributed by atoms with Crippen molar-refractivity contribution in [3.8, 4) is 0 Å². The van der Waals surface area contributed by atoms with Gasteiger partial charge < -0.3 is 16.8 Å². The SMILES string of the molecule is NC(=O)C1=CC=CC(C(N)=O)(c2ccc(NC(=O)[C@@H]3C[C@H]3c3ccccc3)nc2)C1. The number of nitrogens with two attached hydrogens (primary N) is 2. The molecule has 3 atom stereocenters. The smallest absolute Gasteiger partial charge is 0.244 e.